The van der Waals surface area contributed by atoms with E-state index in [1.165, 1.54) is 0 Å². The van der Waals surface area contributed by atoms with E-state index in [1.54, 1.807) is 18.3 Å². The molecule has 124 valence electrons. The van der Waals surface area contributed by atoms with Crippen molar-refractivity contribution in [1.82, 2.24) is 4.98 Å². The summed E-state index contributed by atoms with van der Waals surface area (Å²) in [6.45, 7) is 4.97. The van der Waals surface area contributed by atoms with Crippen LogP contribution in [-0.4, -0.2) is 36.0 Å². The Morgan fingerprint density at radius 2 is 2.08 bits per heavy atom. The van der Waals surface area contributed by atoms with Crippen LogP contribution in [0.25, 0.3) is 0 Å². The first-order valence-electron chi connectivity index (χ1n) is 7.85. The third kappa shape index (κ3) is 3.53. The lowest BCUT2D eigenvalue weighted by atomic mass is 10.1. The van der Waals surface area contributed by atoms with Gasteiger partial charge in [-0.3, -0.25) is 4.79 Å². The Morgan fingerprint density at radius 3 is 2.83 bits per heavy atom. The predicted molar refractivity (Wildman–Crippen MR) is 91.8 cm³/mol. The fourth-order valence-electron chi connectivity index (χ4n) is 2.35. The predicted octanol–water partition coefficient (Wildman–Crippen LogP) is 2.90. The standard InChI is InChI=1S/C18H19N3O3/c1-12(2)24-18-14(7-5-9-19-18)16(22)21-15-8-4-3-6-13(15)17-20-10-11-23-17/h3-9,12H,10-11H2,1-2H3,(H,21,22). The number of nitrogens with one attached hydrogen (secondary N) is 1. The molecule has 0 unspecified atom stereocenters. The van der Waals surface area contributed by atoms with E-state index < -0.39 is 0 Å². The molecular weight excluding hydrogens is 306 g/mol. The summed E-state index contributed by atoms with van der Waals surface area (Å²) in [6.07, 6.45) is 1.53. The van der Waals surface area contributed by atoms with Gasteiger partial charge in [-0.05, 0) is 38.1 Å². The normalized spacial score (nSPS) is 13.4. The number of amides is 1. The maximum Gasteiger partial charge on any atom is 0.261 e. The number of aromatic nitrogens is 1. The van der Waals surface area contributed by atoms with Gasteiger partial charge >= 0.3 is 0 Å². The van der Waals surface area contributed by atoms with Gasteiger partial charge in [-0.25, -0.2) is 9.98 Å². The molecule has 0 spiro atoms. The molecule has 1 aliphatic heterocycles. The van der Waals surface area contributed by atoms with Crippen molar-refractivity contribution < 1.29 is 14.3 Å². The van der Waals surface area contributed by atoms with E-state index in [2.05, 4.69) is 15.3 Å². The van der Waals surface area contributed by atoms with E-state index in [1.807, 2.05) is 38.1 Å². The van der Waals surface area contributed by atoms with Gasteiger partial charge in [-0.2, -0.15) is 0 Å². The molecule has 2 heterocycles. The Bertz CT molecular complexity index is 772. The number of pyridine rings is 1. The number of nitrogens with zero attached hydrogens (tertiary/aromatic N) is 2. The van der Waals surface area contributed by atoms with E-state index >= 15 is 0 Å². The summed E-state index contributed by atoms with van der Waals surface area (Å²) in [4.78, 5) is 21.1. The van der Waals surface area contributed by atoms with Crippen LogP contribution in [0, 0.1) is 0 Å². The lowest BCUT2D eigenvalue weighted by Crippen LogP contribution is -2.18. The average Bonchev–Trinajstić information content (AvgIpc) is 3.09. The average molecular weight is 325 g/mol. The highest BCUT2D eigenvalue weighted by Crippen LogP contribution is 2.22. The molecule has 6 heteroatoms. The fourth-order valence-corrected chi connectivity index (χ4v) is 2.35. The lowest BCUT2D eigenvalue weighted by molar-refractivity contribution is 0.102. The number of carbonyl (C=O) groups excluding carboxylic acids is 1. The van der Waals surface area contributed by atoms with Crippen molar-refractivity contribution in [3.05, 3.63) is 53.7 Å². The molecule has 1 aromatic heterocycles. The summed E-state index contributed by atoms with van der Waals surface area (Å²) < 4.78 is 11.1. The second-order valence-electron chi connectivity index (χ2n) is 5.56. The molecule has 1 aliphatic rings. The molecular formula is C18H19N3O3. The van der Waals surface area contributed by atoms with E-state index in [4.69, 9.17) is 9.47 Å². The van der Waals surface area contributed by atoms with Crippen LogP contribution in [0.5, 0.6) is 5.88 Å². The SMILES string of the molecule is CC(C)Oc1ncccc1C(=O)Nc1ccccc1C1=NCCO1. The minimum Gasteiger partial charge on any atom is -0.475 e. The number of aliphatic imine (C=N–C) groups is 1. The molecule has 0 radical (unpaired) electrons. The zero-order chi connectivity index (χ0) is 16.9. The van der Waals surface area contributed by atoms with Crippen molar-refractivity contribution in [1.29, 1.82) is 0 Å². The van der Waals surface area contributed by atoms with Gasteiger partial charge in [0.15, 0.2) is 0 Å². The summed E-state index contributed by atoms with van der Waals surface area (Å²) in [7, 11) is 0. The quantitative estimate of drug-likeness (QED) is 0.917. The Morgan fingerprint density at radius 1 is 1.25 bits per heavy atom. The Kier molecular flexibility index (Phi) is 4.74. The van der Waals surface area contributed by atoms with Crippen LogP contribution in [0.4, 0.5) is 5.69 Å². The monoisotopic (exact) mass is 325 g/mol. The first-order chi connectivity index (χ1) is 11.6. The van der Waals surface area contributed by atoms with Crippen LogP contribution in [-0.2, 0) is 4.74 Å². The molecule has 2 aromatic rings. The lowest BCUT2D eigenvalue weighted by Gasteiger charge is -2.14. The summed E-state index contributed by atoms with van der Waals surface area (Å²) in [6, 6.07) is 10.8. The Hall–Kier alpha value is -2.89. The Balaban J connectivity index is 1.86. The molecule has 0 saturated heterocycles. The van der Waals surface area contributed by atoms with Crippen molar-refractivity contribution in [2.45, 2.75) is 20.0 Å². The van der Waals surface area contributed by atoms with Crippen LogP contribution in [0.1, 0.15) is 29.8 Å². The van der Waals surface area contributed by atoms with E-state index in [9.17, 15) is 4.79 Å². The van der Waals surface area contributed by atoms with Crippen molar-refractivity contribution in [3.63, 3.8) is 0 Å². The molecule has 24 heavy (non-hydrogen) atoms. The molecule has 0 atom stereocenters. The number of benzene rings is 1. The van der Waals surface area contributed by atoms with Gasteiger partial charge in [0.05, 0.1) is 23.9 Å². The molecule has 0 aliphatic carbocycles. The molecule has 0 bridgehead atoms. The zero-order valence-electron chi connectivity index (χ0n) is 13.7. The van der Waals surface area contributed by atoms with E-state index in [0.29, 0.717) is 36.2 Å². The van der Waals surface area contributed by atoms with Gasteiger partial charge in [-0.15, -0.1) is 0 Å². The topological polar surface area (TPSA) is 72.8 Å². The summed E-state index contributed by atoms with van der Waals surface area (Å²) >= 11 is 0. The number of ether oxygens (including phenoxy) is 2. The van der Waals surface area contributed by atoms with Crippen molar-refractivity contribution in [2.24, 2.45) is 4.99 Å². The van der Waals surface area contributed by atoms with Gasteiger partial charge in [0, 0.05) is 6.20 Å². The zero-order valence-corrected chi connectivity index (χ0v) is 13.7. The summed E-state index contributed by atoms with van der Waals surface area (Å²) in [5.41, 5.74) is 1.79. The number of para-hydroxylation sites is 1. The van der Waals surface area contributed by atoms with Crippen LogP contribution in [0.15, 0.2) is 47.6 Å². The van der Waals surface area contributed by atoms with Crippen molar-refractivity contribution in [3.8, 4) is 5.88 Å². The summed E-state index contributed by atoms with van der Waals surface area (Å²) in [5.74, 6) is 0.581. The number of hydrogen-bond acceptors (Lipinski definition) is 5. The first-order valence-corrected chi connectivity index (χ1v) is 7.85. The minimum absolute atomic E-state index is 0.0695. The number of carbonyl (C=O) groups is 1. The number of rotatable bonds is 5. The van der Waals surface area contributed by atoms with Crippen LogP contribution >= 0.6 is 0 Å². The van der Waals surface area contributed by atoms with Gasteiger partial charge in [0.2, 0.25) is 11.8 Å². The minimum atomic E-state index is -0.287. The van der Waals surface area contributed by atoms with Gasteiger partial charge in [0.1, 0.15) is 12.2 Å². The van der Waals surface area contributed by atoms with Crippen molar-refractivity contribution >= 4 is 17.5 Å². The first kappa shape index (κ1) is 16.0. The second kappa shape index (κ2) is 7.12. The maximum absolute atomic E-state index is 12.7. The molecule has 0 saturated carbocycles. The highest BCUT2D eigenvalue weighted by molar-refractivity contribution is 6.10. The maximum atomic E-state index is 12.7. The Labute approximate surface area is 140 Å². The smallest absolute Gasteiger partial charge is 0.261 e. The number of anilines is 1. The van der Waals surface area contributed by atoms with Crippen LogP contribution < -0.4 is 10.1 Å². The second-order valence-corrected chi connectivity index (χ2v) is 5.56. The van der Waals surface area contributed by atoms with Crippen LogP contribution in [0.2, 0.25) is 0 Å². The highest BCUT2D eigenvalue weighted by atomic mass is 16.5. The van der Waals surface area contributed by atoms with Gasteiger partial charge in [-0.1, -0.05) is 12.1 Å². The molecule has 6 nitrogen and oxygen atoms in total. The highest BCUT2D eigenvalue weighted by Gasteiger charge is 2.19. The van der Waals surface area contributed by atoms with E-state index in [0.717, 1.165) is 5.56 Å². The molecule has 3 rings (SSSR count). The summed E-state index contributed by atoms with van der Waals surface area (Å²) in [5, 5.41) is 2.90. The van der Waals surface area contributed by atoms with Crippen molar-refractivity contribution in [2.75, 3.05) is 18.5 Å². The fraction of sp³-hybridized carbons (Fsp3) is 0.278. The molecule has 1 N–H and O–H groups in total. The van der Waals surface area contributed by atoms with Gasteiger partial charge in [0.25, 0.3) is 5.91 Å². The van der Waals surface area contributed by atoms with Crippen LogP contribution in [0.3, 0.4) is 0 Å². The third-order valence-corrected chi connectivity index (χ3v) is 3.35. The largest absolute Gasteiger partial charge is 0.475 e. The molecule has 1 aromatic carbocycles. The van der Waals surface area contributed by atoms with E-state index in [-0.39, 0.29) is 12.0 Å². The third-order valence-electron chi connectivity index (χ3n) is 3.35. The number of hydrogen-bond donors (Lipinski definition) is 1. The van der Waals surface area contributed by atoms with Gasteiger partial charge < -0.3 is 14.8 Å². The molecule has 1 amide bonds. The molecule has 0 fully saturated rings.